The third-order valence-electron chi connectivity index (χ3n) is 0. The second-order valence-electron chi connectivity index (χ2n) is 0.250. The summed E-state index contributed by atoms with van der Waals surface area (Å²) in [5.41, 5.74) is 0. The summed E-state index contributed by atoms with van der Waals surface area (Å²) in [6.45, 7) is 0. The van der Waals surface area contributed by atoms with Gasteiger partial charge in [-0.05, 0) is 6.16 Å². The average Bonchev–Trinajstić information content (AvgIpc) is 1.41. The summed E-state index contributed by atoms with van der Waals surface area (Å²) in [6.07, 6.45) is -2.33. The van der Waals surface area contributed by atoms with Crippen molar-refractivity contribution in [3.8, 4) is 0 Å². The molecule has 0 bridgehead atoms. The number of carbonyl (C=O) groups excluding carboxylic acids is 1. The molecule has 0 aliphatic rings. The predicted molar refractivity (Wildman–Crippen MR) is 13.0 cm³/mol. The number of carboxylic acid groups (broad SMARTS) is 2. The second-order valence-corrected chi connectivity index (χ2v) is 0.250. The summed E-state index contributed by atoms with van der Waals surface area (Å²) in [5.74, 6) is 0. The molecular weight excluding hydrogens is 156 g/mol. The predicted octanol–water partition coefficient (Wildman–Crippen LogP) is -1.80. The van der Waals surface area contributed by atoms with Gasteiger partial charge in [-0.3, -0.25) is 0 Å². The van der Waals surface area contributed by atoms with E-state index in [-0.39, 0.29) is 0 Å². The summed E-state index contributed by atoms with van der Waals surface area (Å²) in [4.78, 5) is 8.33. The van der Waals surface area contributed by atoms with Crippen molar-refractivity contribution in [1.29, 1.82) is 0 Å². The number of rotatable bonds is 0. The van der Waals surface area contributed by atoms with E-state index in [1.807, 2.05) is 0 Å². The third kappa shape index (κ3) is 404000. The Morgan fingerprint density at radius 2 is 1.50 bits per heavy atom. The van der Waals surface area contributed by atoms with Crippen LogP contribution >= 0.6 is 10.6 Å². The summed E-state index contributed by atoms with van der Waals surface area (Å²) >= 11 is 3.77. The molecule has 0 aromatic heterocycles. The molecule has 6 heavy (non-hydrogen) atoms. The molecule has 5 heteroatoms. The minimum absolute atomic E-state index is 2.33. The molecule has 0 aromatic carbocycles. The van der Waals surface area contributed by atoms with E-state index in [4.69, 9.17) is 15.0 Å². The number of carbonyl (C=O) groups is 1. The van der Waals surface area contributed by atoms with Crippen molar-refractivity contribution in [2.75, 3.05) is 0 Å². The Hall–Kier alpha value is 0.00948. The van der Waals surface area contributed by atoms with Crippen LogP contribution in [0.25, 0.3) is 0 Å². The Bertz CT molecular complexity index is 42.1. The van der Waals surface area contributed by atoms with Crippen LogP contribution < -0.4 is 10.2 Å². The zero-order valence-electron chi connectivity index (χ0n) is 2.43. The minimum atomic E-state index is -2.33. The Kier molecular flexibility index (Phi) is 13.9. The standard InChI is InChI=1S/CH2O3.Cu.S/c2-1(3)4;;/h(H2,2,3,4);;/q;+2;/p-2. The van der Waals surface area contributed by atoms with Crippen molar-refractivity contribution in [3.05, 3.63) is 0 Å². The zero-order chi connectivity index (χ0) is 5.58. The Labute approximate surface area is 46.6 Å². The van der Waals surface area contributed by atoms with Gasteiger partial charge in [0.15, 0.2) is 0 Å². The maximum atomic E-state index is 8.33. The fraction of sp³-hybridized carbons (Fsp3) is 0. The molecule has 0 aliphatic carbocycles. The van der Waals surface area contributed by atoms with E-state index in [0.29, 0.717) is 0 Å². The molecule has 0 aromatic rings. The second kappa shape index (κ2) is 8.89. The van der Waals surface area contributed by atoms with Crippen molar-refractivity contribution >= 4 is 16.7 Å². The zero-order valence-corrected chi connectivity index (χ0v) is 4.19. The van der Waals surface area contributed by atoms with Gasteiger partial charge in [-0.25, -0.2) is 0 Å². The molecule has 3 nitrogen and oxygen atoms in total. The average molecular weight is 156 g/mol. The molecule has 0 N–H and O–H groups in total. The molecule has 0 amide bonds. The van der Waals surface area contributed by atoms with Gasteiger partial charge in [0, 0.05) is 0 Å². The van der Waals surface area contributed by atoms with E-state index < -0.39 is 6.16 Å². The van der Waals surface area contributed by atoms with E-state index in [1.54, 1.807) is 0 Å². The summed E-state index contributed by atoms with van der Waals surface area (Å²) in [6, 6.07) is 0. The fourth-order valence-electron chi connectivity index (χ4n) is 0. The van der Waals surface area contributed by atoms with E-state index >= 15 is 0 Å². The van der Waals surface area contributed by atoms with Gasteiger partial charge in [-0.2, -0.15) is 0 Å². The summed E-state index contributed by atoms with van der Waals surface area (Å²) in [5, 5.41) is 16.7. The van der Waals surface area contributed by atoms with E-state index in [9.17, 15) is 0 Å². The first-order valence-electron chi connectivity index (χ1n) is 0.735. The third-order valence-corrected chi connectivity index (χ3v) is 0. The first-order valence-corrected chi connectivity index (χ1v) is 2.13. The first kappa shape index (κ1) is 9.38. The van der Waals surface area contributed by atoms with Crippen molar-refractivity contribution in [2.45, 2.75) is 0 Å². The molecule has 0 heterocycles. The van der Waals surface area contributed by atoms with Crippen LogP contribution in [-0.4, -0.2) is 6.16 Å². The molecule has 0 aliphatic heterocycles. The van der Waals surface area contributed by atoms with Crippen molar-refractivity contribution < 1.29 is 29.4 Å². The van der Waals surface area contributed by atoms with Gasteiger partial charge in [0.1, 0.15) is 0 Å². The van der Waals surface area contributed by atoms with Gasteiger partial charge >= 0.3 is 24.9 Å². The van der Waals surface area contributed by atoms with Crippen LogP contribution in [0, 0.1) is 0 Å². The van der Waals surface area contributed by atoms with Gasteiger partial charge in [-0.1, -0.05) is 0 Å². The molecular formula is CCuO3S. The van der Waals surface area contributed by atoms with Crippen LogP contribution in [0.5, 0.6) is 0 Å². The van der Waals surface area contributed by atoms with E-state index in [1.165, 1.54) is 0 Å². The van der Waals surface area contributed by atoms with Crippen molar-refractivity contribution in [1.82, 2.24) is 0 Å². The topological polar surface area (TPSA) is 63.2 Å². The molecule has 0 spiro atoms. The van der Waals surface area contributed by atoms with Crippen LogP contribution in [0.4, 0.5) is 4.79 Å². The molecule has 0 rings (SSSR count). The van der Waals surface area contributed by atoms with Gasteiger partial charge < -0.3 is 15.0 Å². The number of hydrogen-bond acceptors (Lipinski definition) is 4. The van der Waals surface area contributed by atoms with Crippen LogP contribution in [0.1, 0.15) is 0 Å². The normalized spacial score (nSPS) is 4.83. The van der Waals surface area contributed by atoms with Gasteiger partial charge in [0.05, 0.1) is 0 Å². The van der Waals surface area contributed by atoms with Crippen LogP contribution in [0.15, 0.2) is 0 Å². The molecule has 0 saturated heterocycles. The Balaban J connectivity index is 0. The number of hydrogen-bond donors (Lipinski definition) is 0. The van der Waals surface area contributed by atoms with Crippen LogP contribution in [-0.2, 0) is 14.4 Å². The Morgan fingerprint density at radius 3 is 1.50 bits per heavy atom. The van der Waals surface area contributed by atoms with Crippen LogP contribution in [0.3, 0.4) is 0 Å². The van der Waals surface area contributed by atoms with Crippen molar-refractivity contribution in [2.24, 2.45) is 0 Å². The molecule has 0 saturated carbocycles. The summed E-state index contributed by atoms with van der Waals surface area (Å²) < 4.78 is 0. The molecule has 0 fully saturated rings. The maximum absolute atomic E-state index is 8.33. The van der Waals surface area contributed by atoms with Gasteiger partial charge in [0.25, 0.3) is 0 Å². The first-order chi connectivity index (χ1) is 2.73. The summed E-state index contributed by atoms with van der Waals surface area (Å²) in [7, 11) is 3.65. The van der Waals surface area contributed by atoms with Crippen LogP contribution in [0.2, 0.25) is 0 Å². The van der Waals surface area contributed by atoms with Gasteiger partial charge in [0.2, 0.25) is 0 Å². The molecule has 0 unspecified atom stereocenters. The van der Waals surface area contributed by atoms with Gasteiger partial charge in [-0.15, -0.1) is 0 Å². The fourth-order valence-corrected chi connectivity index (χ4v) is 0. The SMILES string of the molecule is O=C([O-])[O-].[S]=[Cu+2]. The quantitative estimate of drug-likeness (QED) is 0.387. The Morgan fingerprint density at radius 1 is 1.50 bits per heavy atom. The molecule has 0 radical (unpaired) electrons. The molecule has 0 atom stereocenters. The molecule has 39 valence electrons. The van der Waals surface area contributed by atoms with E-state index in [0.717, 1.165) is 0 Å². The van der Waals surface area contributed by atoms with E-state index in [2.05, 4.69) is 24.9 Å². The van der Waals surface area contributed by atoms with Crippen molar-refractivity contribution in [3.63, 3.8) is 0 Å². The monoisotopic (exact) mass is 155 g/mol.